The highest BCUT2D eigenvalue weighted by Gasteiger charge is 2.21. The highest BCUT2D eigenvalue weighted by atomic mass is 15.3. The fourth-order valence-corrected chi connectivity index (χ4v) is 2.78. The van der Waals surface area contributed by atoms with Crippen molar-refractivity contribution >= 4 is 0 Å². The molecule has 4 heteroatoms. The van der Waals surface area contributed by atoms with Crippen LogP contribution in [0.25, 0.3) is 5.69 Å². The van der Waals surface area contributed by atoms with Gasteiger partial charge in [-0.2, -0.15) is 0 Å². The molecule has 19 heavy (non-hydrogen) atoms. The molecule has 0 amide bonds. The van der Waals surface area contributed by atoms with Gasteiger partial charge in [-0.3, -0.25) is 4.57 Å². The number of aromatic nitrogens is 3. The van der Waals surface area contributed by atoms with Gasteiger partial charge >= 0.3 is 0 Å². The molecule has 1 fully saturated rings. The van der Waals surface area contributed by atoms with Gasteiger partial charge in [0.15, 0.2) is 0 Å². The van der Waals surface area contributed by atoms with Crippen LogP contribution >= 0.6 is 0 Å². The van der Waals surface area contributed by atoms with Crippen LogP contribution in [-0.4, -0.2) is 27.9 Å². The van der Waals surface area contributed by atoms with Gasteiger partial charge in [-0.1, -0.05) is 12.1 Å². The largest absolute Gasteiger partial charge is 0.317 e. The fraction of sp³-hybridized carbons (Fsp3) is 0.467. The number of nitrogens with one attached hydrogen (secondary N) is 1. The summed E-state index contributed by atoms with van der Waals surface area (Å²) in [6, 6.07) is 6.40. The number of benzene rings is 1. The predicted molar refractivity (Wildman–Crippen MR) is 75.7 cm³/mol. The molecule has 4 nitrogen and oxygen atoms in total. The second kappa shape index (κ2) is 5.13. The van der Waals surface area contributed by atoms with Crippen molar-refractivity contribution in [1.29, 1.82) is 0 Å². The van der Waals surface area contributed by atoms with Crippen LogP contribution in [0.2, 0.25) is 0 Å². The van der Waals surface area contributed by atoms with Crippen molar-refractivity contribution in [3.8, 4) is 5.69 Å². The minimum Gasteiger partial charge on any atom is -0.317 e. The molecular formula is C15H20N4. The number of hydrogen-bond acceptors (Lipinski definition) is 3. The lowest BCUT2D eigenvalue weighted by Crippen LogP contribution is -2.28. The molecule has 0 aliphatic carbocycles. The zero-order valence-electron chi connectivity index (χ0n) is 11.6. The summed E-state index contributed by atoms with van der Waals surface area (Å²) in [4.78, 5) is 0. The Hall–Kier alpha value is -1.68. The van der Waals surface area contributed by atoms with Crippen molar-refractivity contribution in [3.63, 3.8) is 0 Å². The van der Waals surface area contributed by atoms with Gasteiger partial charge < -0.3 is 5.32 Å². The van der Waals surface area contributed by atoms with Crippen LogP contribution in [0.5, 0.6) is 0 Å². The zero-order valence-corrected chi connectivity index (χ0v) is 11.6. The number of aryl methyl sites for hydroxylation is 1. The summed E-state index contributed by atoms with van der Waals surface area (Å²) in [5, 5.41) is 11.9. The van der Waals surface area contributed by atoms with Gasteiger partial charge in [0.1, 0.15) is 12.2 Å². The molecule has 1 aromatic heterocycles. The maximum absolute atomic E-state index is 4.37. The lowest BCUT2D eigenvalue weighted by Gasteiger charge is -2.23. The molecule has 1 saturated heterocycles. The van der Waals surface area contributed by atoms with Gasteiger partial charge in [-0.15, -0.1) is 10.2 Å². The molecule has 0 bridgehead atoms. The fourth-order valence-electron chi connectivity index (χ4n) is 2.78. The summed E-state index contributed by atoms with van der Waals surface area (Å²) < 4.78 is 2.16. The van der Waals surface area contributed by atoms with Crippen molar-refractivity contribution in [1.82, 2.24) is 20.1 Å². The second-order valence-electron chi connectivity index (χ2n) is 5.30. The second-order valence-corrected chi connectivity index (χ2v) is 5.30. The molecule has 0 spiro atoms. The van der Waals surface area contributed by atoms with E-state index in [2.05, 4.69) is 52.1 Å². The van der Waals surface area contributed by atoms with Gasteiger partial charge in [0.05, 0.1) is 5.69 Å². The van der Waals surface area contributed by atoms with Crippen LogP contribution in [-0.2, 0) is 0 Å². The van der Waals surface area contributed by atoms with E-state index in [1.807, 2.05) is 6.33 Å². The van der Waals surface area contributed by atoms with Crippen LogP contribution in [0, 0.1) is 13.8 Å². The van der Waals surface area contributed by atoms with Crippen molar-refractivity contribution in [3.05, 3.63) is 41.5 Å². The molecule has 3 rings (SSSR count). The molecule has 1 N–H and O–H groups in total. The molecule has 2 heterocycles. The highest BCUT2D eigenvalue weighted by Crippen LogP contribution is 2.27. The van der Waals surface area contributed by atoms with E-state index in [4.69, 9.17) is 0 Å². The zero-order chi connectivity index (χ0) is 13.2. The lowest BCUT2D eigenvalue weighted by atomic mass is 9.97. The van der Waals surface area contributed by atoms with E-state index >= 15 is 0 Å². The Bertz CT molecular complexity index is 567. The van der Waals surface area contributed by atoms with Gasteiger partial charge in [0, 0.05) is 5.92 Å². The minimum atomic E-state index is 0.517. The summed E-state index contributed by atoms with van der Waals surface area (Å²) in [6.45, 7) is 6.46. The SMILES string of the molecule is Cc1cccc(-n2cnnc2C2CCNCC2)c1C. The molecule has 1 aliphatic heterocycles. The van der Waals surface area contributed by atoms with E-state index in [1.165, 1.54) is 16.8 Å². The van der Waals surface area contributed by atoms with Gasteiger partial charge in [-0.25, -0.2) is 0 Å². The van der Waals surface area contributed by atoms with Gasteiger partial charge in [0.2, 0.25) is 0 Å². The molecule has 100 valence electrons. The third-order valence-corrected chi connectivity index (χ3v) is 4.11. The highest BCUT2D eigenvalue weighted by molar-refractivity contribution is 5.45. The van der Waals surface area contributed by atoms with E-state index in [1.54, 1.807) is 0 Å². The number of rotatable bonds is 2. The van der Waals surface area contributed by atoms with Crippen LogP contribution in [0.3, 0.4) is 0 Å². The first kappa shape index (κ1) is 12.4. The van der Waals surface area contributed by atoms with Crippen molar-refractivity contribution in [2.45, 2.75) is 32.6 Å². The Kier molecular flexibility index (Phi) is 3.34. The minimum absolute atomic E-state index is 0.517. The first-order valence-electron chi connectivity index (χ1n) is 6.94. The van der Waals surface area contributed by atoms with Crippen LogP contribution in [0.4, 0.5) is 0 Å². The van der Waals surface area contributed by atoms with Crippen LogP contribution in [0.1, 0.15) is 35.7 Å². The van der Waals surface area contributed by atoms with Gasteiger partial charge in [0.25, 0.3) is 0 Å². The first-order valence-corrected chi connectivity index (χ1v) is 6.94. The van der Waals surface area contributed by atoms with E-state index in [9.17, 15) is 0 Å². The smallest absolute Gasteiger partial charge is 0.140 e. The predicted octanol–water partition coefficient (Wildman–Crippen LogP) is 2.35. The number of nitrogens with zero attached hydrogens (tertiary/aromatic N) is 3. The monoisotopic (exact) mass is 256 g/mol. The molecule has 0 unspecified atom stereocenters. The Balaban J connectivity index is 2.01. The summed E-state index contributed by atoms with van der Waals surface area (Å²) in [7, 11) is 0. The maximum atomic E-state index is 4.37. The summed E-state index contributed by atoms with van der Waals surface area (Å²) in [5.74, 6) is 1.62. The number of piperidine rings is 1. The average molecular weight is 256 g/mol. The van der Waals surface area contributed by atoms with Crippen molar-refractivity contribution < 1.29 is 0 Å². The summed E-state index contributed by atoms with van der Waals surface area (Å²) in [5.41, 5.74) is 3.82. The van der Waals surface area contributed by atoms with Crippen LogP contribution < -0.4 is 5.32 Å². The van der Waals surface area contributed by atoms with E-state index in [0.717, 1.165) is 31.8 Å². The Labute approximate surface area is 113 Å². The van der Waals surface area contributed by atoms with Crippen molar-refractivity contribution in [2.75, 3.05) is 13.1 Å². The van der Waals surface area contributed by atoms with E-state index < -0.39 is 0 Å². The van der Waals surface area contributed by atoms with Gasteiger partial charge in [-0.05, 0) is 57.0 Å². The van der Waals surface area contributed by atoms with E-state index in [0.29, 0.717) is 5.92 Å². The Morgan fingerprint density at radius 3 is 2.79 bits per heavy atom. The standard InChI is InChI=1S/C15H20N4/c1-11-4-3-5-14(12(11)2)19-10-17-18-15(19)13-6-8-16-9-7-13/h3-5,10,13,16H,6-9H2,1-2H3. The molecule has 0 radical (unpaired) electrons. The maximum Gasteiger partial charge on any atom is 0.140 e. The molecule has 2 aromatic rings. The molecule has 0 atom stereocenters. The molecule has 1 aliphatic rings. The summed E-state index contributed by atoms with van der Waals surface area (Å²) >= 11 is 0. The third-order valence-electron chi connectivity index (χ3n) is 4.11. The lowest BCUT2D eigenvalue weighted by molar-refractivity contribution is 0.440. The summed E-state index contributed by atoms with van der Waals surface area (Å²) in [6.07, 6.45) is 4.13. The van der Waals surface area contributed by atoms with Crippen molar-refractivity contribution in [2.24, 2.45) is 0 Å². The quantitative estimate of drug-likeness (QED) is 0.897. The van der Waals surface area contributed by atoms with E-state index in [-0.39, 0.29) is 0 Å². The third kappa shape index (κ3) is 2.28. The topological polar surface area (TPSA) is 42.7 Å². The Morgan fingerprint density at radius 1 is 1.21 bits per heavy atom. The Morgan fingerprint density at radius 2 is 2.00 bits per heavy atom. The number of hydrogen-bond donors (Lipinski definition) is 1. The first-order chi connectivity index (χ1) is 9.27. The molecular weight excluding hydrogens is 236 g/mol. The molecule has 0 saturated carbocycles. The average Bonchev–Trinajstić information content (AvgIpc) is 2.92. The van der Waals surface area contributed by atoms with Crippen LogP contribution in [0.15, 0.2) is 24.5 Å². The normalized spacial score (nSPS) is 16.7. The molecule has 1 aromatic carbocycles.